The van der Waals surface area contributed by atoms with Crippen molar-refractivity contribution in [3.63, 3.8) is 0 Å². The Morgan fingerprint density at radius 1 is 1.13 bits per heavy atom. The molecule has 124 valence electrons. The van der Waals surface area contributed by atoms with Gasteiger partial charge in [0.15, 0.2) is 0 Å². The topological polar surface area (TPSA) is 46.3 Å². The van der Waals surface area contributed by atoms with Gasteiger partial charge in [-0.3, -0.25) is 4.79 Å². The number of carbonyl (C=O) groups excluding carboxylic acids is 1. The van der Waals surface area contributed by atoms with Crippen molar-refractivity contribution in [2.45, 2.75) is 19.8 Å². The predicted molar refractivity (Wildman–Crippen MR) is 94.4 cm³/mol. The molecule has 0 atom stereocenters. The van der Waals surface area contributed by atoms with E-state index in [4.69, 9.17) is 5.73 Å². The van der Waals surface area contributed by atoms with Crippen LogP contribution in [0.25, 0.3) is 0 Å². The Labute approximate surface area is 142 Å². The van der Waals surface area contributed by atoms with Crippen molar-refractivity contribution in [1.82, 2.24) is 4.90 Å². The third-order valence-electron chi connectivity index (χ3n) is 3.47. The number of hydrogen-bond acceptors (Lipinski definition) is 2. The van der Waals surface area contributed by atoms with E-state index in [0.29, 0.717) is 30.8 Å². The van der Waals surface area contributed by atoms with E-state index in [1.807, 2.05) is 13.0 Å². The average Bonchev–Trinajstić information content (AvgIpc) is 2.51. The summed E-state index contributed by atoms with van der Waals surface area (Å²) in [5.41, 5.74) is 7.80. The number of nitrogens with zero attached hydrogens (tertiary/aromatic N) is 1. The minimum absolute atomic E-state index is 0. The molecule has 0 heterocycles. The van der Waals surface area contributed by atoms with Gasteiger partial charge >= 0.3 is 0 Å². The summed E-state index contributed by atoms with van der Waals surface area (Å²) in [7, 11) is 0. The SMILES string of the molecule is CCCN(CCc1cccc(F)c1)C(=O)c1cccc(N)c1.Cl. The molecule has 5 heteroatoms. The quantitative estimate of drug-likeness (QED) is 0.812. The maximum atomic E-state index is 13.2. The number of nitrogens with two attached hydrogens (primary N) is 1. The van der Waals surface area contributed by atoms with E-state index in [1.54, 1.807) is 35.2 Å². The van der Waals surface area contributed by atoms with Crippen LogP contribution in [0.2, 0.25) is 0 Å². The summed E-state index contributed by atoms with van der Waals surface area (Å²) >= 11 is 0. The Morgan fingerprint density at radius 3 is 2.52 bits per heavy atom. The molecular weight excluding hydrogens is 315 g/mol. The first-order valence-corrected chi connectivity index (χ1v) is 7.49. The number of nitrogen functional groups attached to an aromatic ring is 1. The lowest BCUT2D eigenvalue weighted by molar-refractivity contribution is 0.0757. The highest BCUT2D eigenvalue weighted by atomic mass is 35.5. The largest absolute Gasteiger partial charge is 0.399 e. The van der Waals surface area contributed by atoms with Crippen LogP contribution in [0.5, 0.6) is 0 Å². The monoisotopic (exact) mass is 336 g/mol. The van der Waals surface area contributed by atoms with Gasteiger partial charge in [0.05, 0.1) is 0 Å². The number of hydrogen-bond donors (Lipinski definition) is 1. The second-order valence-electron chi connectivity index (χ2n) is 5.30. The fourth-order valence-corrected chi connectivity index (χ4v) is 2.40. The molecular formula is C18H22ClFN2O. The molecule has 2 aromatic carbocycles. The van der Waals surface area contributed by atoms with Gasteiger partial charge in [-0.2, -0.15) is 0 Å². The van der Waals surface area contributed by atoms with E-state index in [1.165, 1.54) is 12.1 Å². The summed E-state index contributed by atoms with van der Waals surface area (Å²) in [6, 6.07) is 13.5. The summed E-state index contributed by atoms with van der Waals surface area (Å²) in [6.45, 7) is 3.26. The van der Waals surface area contributed by atoms with Crippen LogP contribution in [0.15, 0.2) is 48.5 Å². The van der Waals surface area contributed by atoms with Gasteiger partial charge in [-0.15, -0.1) is 12.4 Å². The van der Waals surface area contributed by atoms with E-state index in [-0.39, 0.29) is 24.1 Å². The molecule has 0 saturated carbocycles. The van der Waals surface area contributed by atoms with Crippen LogP contribution < -0.4 is 5.73 Å². The fourth-order valence-electron chi connectivity index (χ4n) is 2.40. The lowest BCUT2D eigenvalue weighted by Crippen LogP contribution is -2.33. The van der Waals surface area contributed by atoms with Crippen molar-refractivity contribution in [2.75, 3.05) is 18.8 Å². The highest BCUT2D eigenvalue weighted by molar-refractivity contribution is 5.95. The second-order valence-corrected chi connectivity index (χ2v) is 5.30. The minimum atomic E-state index is -0.248. The highest BCUT2D eigenvalue weighted by Gasteiger charge is 2.15. The van der Waals surface area contributed by atoms with Gasteiger partial charge in [0.1, 0.15) is 5.82 Å². The summed E-state index contributed by atoms with van der Waals surface area (Å²) in [5.74, 6) is -0.285. The Kier molecular flexibility index (Phi) is 7.55. The Morgan fingerprint density at radius 2 is 1.87 bits per heavy atom. The van der Waals surface area contributed by atoms with Crippen molar-refractivity contribution in [3.05, 3.63) is 65.5 Å². The van der Waals surface area contributed by atoms with Crippen molar-refractivity contribution in [2.24, 2.45) is 0 Å². The summed E-state index contributed by atoms with van der Waals surface area (Å²) in [5, 5.41) is 0. The third-order valence-corrected chi connectivity index (χ3v) is 3.47. The zero-order chi connectivity index (χ0) is 15.9. The molecule has 2 aromatic rings. The fraction of sp³-hybridized carbons (Fsp3) is 0.278. The molecule has 0 aromatic heterocycles. The Balaban J connectivity index is 0.00000264. The van der Waals surface area contributed by atoms with Crippen molar-refractivity contribution in [1.29, 1.82) is 0 Å². The van der Waals surface area contributed by atoms with E-state index in [0.717, 1.165) is 12.0 Å². The minimum Gasteiger partial charge on any atom is -0.399 e. The molecule has 3 nitrogen and oxygen atoms in total. The molecule has 0 spiro atoms. The molecule has 0 radical (unpaired) electrons. The van der Waals surface area contributed by atoms with E-state index >= 15 is 0 Å². The first-order chi connectivity index (χ1) is 10.6. The van der Waals surface area contributed by atoms with Gasteiger partial charge in [-0.05, 0) is 48.7 Å². The first-order valence-electron chi connectivity index (χ1n) is 7.49. The maximum absolute atomic E-state index is 13.2. The van der Waals surface area contributed by atoms with Gasteiger partial charge in [-0.1, -0.05) is 25.1 Å². The lowest BCUT2D eigenvalue weighted by Gasteiger charge is -2.22. The third kappa shape index (κ3) is 5.57. The van der Waals surface area contributed by atoms with Gasteiger partial charge in [0, 0.05) is 24.3 Å². The van der Waals surface area contributed by atoms with E-state index in [2.05, 4.69) is 0 Å². The van der Waals surface area contributed by atoms with Crippen LogP contribution in [0.1, 0.15) is 29.3 Å². The average molecular weight is 337 g/mol. The summed E-state index contributed by atoms with van der Waals surface area (Å²) in [6.07, 6.45) is 1.50. The Bertz CT molecular complexity index is 648. The van der Waals surface area contributed by atoms with Gasteiger partial charge in [0.2, 0.25) is 0 Å². The molecule has 23 heavy (non-hydrogen) atoms. The maximum Gasteiger partial charge on any atom is 0.253 e. The van der Waals surface area contributed by atoms with Crippen LogP contribution in [0.3, 0.4) is 0 Å². The molecule has 0 aliphatic heterocycles. The molecule has 0 aliphatic carbocycles. The van der Waals surface area contributed by atoms with Gasteiger partial charge in [-0.25, -0.2) is 4.39 Å². The molecule has 0 fully saturated rings. The second kappa shape index (κ2) is 9.16. The first kappa shape index (κ1) is 19.0. The summed E-state index contributed by atoms with van der Waals surface area (Å²) < 4.78 is 13.2. The molecule has 0 saturated heterocycles. The zero-order valence-electron chi connectivity index (χ0n) is 13.2. The molecule has 2 N–H and O–H groups in total. The molecule has 0 bridgehead atoms. The van der Waals surface area contributed by atoms with Crippen molar-refractivity contribution < 1.29 is 9.18 Å². The predicted octanol–water partition coefficient (Wildman–Crippen LogP) is 3.92. The zero-order valence-corrected chi connectivity index (χ0v) is 14.0. The normalized spacial score (nSPS) is 10.0. The lowest BCUT2D eigenvalue weighted by atomic mass is 10.1. The molecule has 0 aliphatic rings. The summed E-state index contributed by atoms with van der Waals surface area (Å²) in [4.78, 5) is 14.4. The van der Waals surface area contributed by atoms with Crippen LogP contribution in [-0.4, -0.2) is 23.9 Å². The number of anilines is 1. The molecule has 2 rings (SSSR count). The van der Waals surface area contributed by atoms with Crippen molar-refractivity contribution in [3.8, 4) is 0 Å². The smallest absolute Gasteiger partial charge is 0.253 e. The Hall–Kier alpha value is -2.07. The number of amides is 1. The number of halogens is 2. The standard InChI is InChI=1S/C18H21FN2O.ClH/c1-2-10-21(11-9-14-5-3-7-16(19)12-14)18(22)15-6-4-8-17(20)13-15;/h3-8,12-13H,2,9-11,20H2,1H3;1H. The van der Waals surface area contributed by atoms with E-state index in [9.17, 15) is 9.18 Å². The van der Waals surface area contributed by atoms with Crippen molar-refractivity contribution >= 4 is 24.0 Å². The number of benzene rings is 2. The van der Waals surface area contributed by atoms with Crippen LogP contribution in [0.4, 0.5) is 10.1 Å². The number of rotatable bonds is 6. The van der Waals surface area contributed by atoms with Crippen LogP contribution >= 0.6 is 12.4 Å². The molecule has 1 amide bonds. The van der Waals surface area contributed by atoms with Crippen LogP contribution in [-0.2, 0) is 6.42 Å². The van der Waals surface area contributed by atoms with Crippen LogP contribution in [0, 0.1) is 5.82 Å². The highest BCUT2D eigenvalue weighted by Crippen LogP contribution is 2.12. The van der Waals surface area contributed by atoms with Gasteiger partial charge < -0.3 is 10.6 Å². The molecule has 0 unspecified atom stereocenters. The van der Waals surface area contributed by atoms with Gasteiger partial charge in [0.25, 0.3) is 5.91 Å². The number of carbonyl (C=O) groups is 1. The van der Waals surface area contributed by atoms with E-state index < -0.39 is 0 Å².